The molecule has 1 unspecified atom stereocenters. The lowest BCUT2D eigenvalue weighted by atomic mass is 10.1. The summed E-state index contributed by atoms with van der Waals surface area (Å²) in [5.41, 5.74) is 0. The molecule has 0 aromatic rings. The smallest absolute Gasteiger partial charge is 0.219 e. The molecule has 4 nitrogen and oxygen atoms in total. The Hall–Kier alpha value is -0.610. The van der Waals surface area contributed by atoms with Gasteiger partial charge in [0.25, 0.3) is 0 Å². The molecule has 0 bridgehead atoms. The third kappa shape index (κ3) is 6.64. The van der Waals surface area contributed by atoms with Crippen molar-refractivity contribution in [3.63, 3.8) is 0 Å². The molecule has 0 saturated carbocycles. The van der Waals surface area contributed by atoms with Gasteiger partial charge in [-0.25, -0.2) is 0 Å². The Morgan fingerprint density at radius 1 is 1.35 bits per heavy atom. The summed E-state index contributed by atoms with van der Waals surface area (Å²) in [6.07, 6.45) is 4.29. The molecule has 1 rings (SSSR count). The zero-order valence-electron chi connectivity index (χ0n) is 11.3. The zero-order chi connectivity index (χ0) is 12.5. The molecule has 1 atom stereocenters. The Balaban J connectivity index is 1.92. The zero-order valence-corrected chi connectivity index (χ0v) is 11.3. The molecule has 1 amide bonds. The van der Waals surface area contributed by atoms with Gasteiger partial charge < -0.3 is 15.5 Å². The summed E-state index contributed by atoms with van der Waals surface area (Å²) in [7, 11) is 1.69. The third-order valence-electron chi connectivity index (χ3n) is 3.30. The van der Waals surface area contributed by atoms with Crippen molar-refractivity contribution in [2.24, 2.45) is 5.92 Å². The van der Waals surface area contributed by atoms with Crippen LogP contribution < -0.4 is 10.6 Å². The van der Waals surface area contributed by atoms with Crippen LogP contribution in [0.25, 0.3) is 0 Å². The Morgan fingerprint density at radius 3 is 2.71 bits per heavy atom. The molecule has 1 saturated heterocycles. The first-order valence-corrected chi connectivity index (χ1v) is 6.86. The highest BCUT2D eigenvalue weighted by atomic mass is 16.1. The number of nitrogens with one attached hydrogen (secondary N) is 2. The molecule has 1 aliphatic rings. The van der Waals surface area contributed by atoms with Gasteiger partial charge in [0.05, 0.1) is 0 Å². The average Bonchev–Trinajstić information content (AvgIpc) is 2.81. The monoisotopic (exact) mass is 241 g/mol. The normalized spacial score (nSPS) is 18.2. The molecule has 1 aliphatic heterocycles. The van der Waals surface area contributed by atoms with Crippen LogP contribution >= 0.6 is 0 Å². The molecule has 4 heteroatoms. The Morgan fingerprint density at radius 2 is 2.06 bits per heavy atom. The summed E-state index contributed by atoms with van der Waals surface area (Å²) in [6.45, 7) is 8.07. The van der Waals surface area contributed by atoms with Gasteiger partial charge in [-0.05, 0) is 51.4 Å². The number of rotatable bonds is 8. The first-order chi connectivity index (χ1) is 8.22. The summed E-state index contributed by atoms with van der Waals surface area (Å²) in [5.74, 6) is 0.838. The van der Waals surface area contributed by atoms with Crippen molar-refractivity contribution in [3.8, 4) is 0 Å². The number of carbonyl (C=O) groups excluding carboxylic acids is 1. The molecule has 0 spiro atoms. The van der Waals surface area contributed by atoms with Crippen LogP contribution in [0.15, 0.2) is 0 Å². The van der Waals surface area contributed by atoms with Crippen LogP contribution in [-0.2, 0) is 4.79 Å². The lowest BCUT2D eigenvalue weighted by molar-refractivity contribution is -0.120. The second-order valence-electron chi connectivity index (χ2n) is 5.09. The molecular formula is C13H27N3O. The van der Waals surface area contributed by atoms with Crippen molar-refractivity contribution >= 4 is 5.91 Å². The number of hydrogen-bond acceptors (Lipinski definition) is 3. The van der Waals surface area contributed by atoms with E-state index in [-0.39, 0.29) is 5.91 Å². The molecule has 1 fully saturated rings. The van der Waals surface area contributed by atoms with E-state index in [1.807, 2.05) is 0 Å². The van der Waals surface area contributed by atoms with E-state index in [9.17, 15) is 4.79 Å². The molecule has 0 aromatic heterocycles. The summed E-state index contributed by atoms with van der Waals surface area (Å²) in [4.78, 5) is 13.5. The predicted octanol–water partition coefficient (Wildman–Crippen LogP) is 0.834. The lowest BCUT2D eigenvalue weighted by Crippen LogP contribution is -2.32. The summed E-state index contributed by atoms with van der Waals surface area (Å²) in [6, 6.07) is 0. The van der Waals surface area contributed by atoms with Crippen molar-refractivity contribution in [2.45, 2.75) is 32.6 Å². The van der Waals surface area contributed by atoms with E-state index in [1.54, 1.807) is 7.05 Å². The first-order valence-electron chi connectivity index (χ1n) is 6.86. The van der Waals surface area contributed by atoms with E-state index < -0.39 is 0 Å². The second-order valence-corrected chi connectivity index (χ2v) is 5.09. The fourth-order valence-corrected chi connectivity index (χ4v) is 2.32. The van der Waals surface area contributed by atoms with Gasteiger partial charge in [0.2, 0.25) is 5.91 Å². The van der Waals surface area contributed by atoms with Gasteiger partial charge in [-0.1, -0.05) is 6.92 Å². The van der Waals surface area contributed by atoms with Gasteiger partial charge in [-0.2, -0.15) is 0 Å². The Labute approximate surface area is 105 Å². The van der Waals surface area contributed by atoms with Crippen LogP contribution in [0.2, 0.25) is 0 Å². The van der Waals surface area contributed by atoms with Crippen molar-refractivity contribution in [1.82, 2.24) is 15.5 Å². The van der Waals surface area contributed by atoms with E-state index in [1.165, 1.54) is 32.5 Å². The van der Waals surface area contributed by atoms with Crippen LogP contribution in [0.4, 0.5) is 0 Å². The van der Waals surface area contributed by atoms with Gasteiger partial charge in [0.15, 0.2) is 0 Å². The Kier molecular flexibility index (Phi) is 7.21. The Bertz CT molecular complexity index is 215. The van der Waals surface area contributed by atoms with Crippen LogP contribution in [0.5, 0.6) is 0 Å². The fourth-order valence-electron chi connectivity index (χ4n) is 2.32. The molecule has 0 radical (unpaired) electrons. The van der Waals surface area contributed by atoms with E-state index in [0.717, 1.165) is 19.5 Å². The topological polar surface area (TPSA) is 44.4 Å². The van der Waals surface area contributed by atoms with Crippen LogP contribution in [0, 0.1) is 5.92 Å². The quantitative estimate of drug-likeness (QED) is 0.619. The second kappa shape index (κ2) is 8.48. The average molecular weight is 241 g/mol. The minimum atomic E-state index is 0.136. The van der Waals surface area contributed by atoms with Gasteiger partial charge >= 0.3 is 0 Å². The van der Waals surface area contributed by atoms with E-state index in [4.69, 9.17) is 0 Å². The SMILES string of the molecule is CNC(=O)CCCNCC(C)CN1CCCC1. The lowest BCUT2D eigenvalue weighted by Gasteiger charge is -2.20. The largest absolute Gasteiger partial charge is 0.359 e. The molecule has 100 valence electrons. The number of hydrogen-bond donors (Lipinski definition) is 2. The van der Waals surface area contributed by atoms with Crippen LogP contribution in [0.1, 0.15) is 32.6 Å². The minimum Gasteiger partial charge on any atom is -0.359 e. The molecule has 2 N–H and O–H groups in total. The van der Waals surface area contributed by atoms with Crippen molar-refractivity contribution in [3.05, 3.63) is 0 Å². The minimum absolute atomic E-state index is 0.136. The summed E-state index contributed by atoms with van der Waals surface area (Å²) in [5, 5.41) is 6.07. The van der Waals surface area contributed by atoms with Crippen molar-refractivity contribution in [2.75, 3.05) is 39.8 Å². The van der Waals surface area contributed by atoms with Crippen LogP contribution in [0.3, 0.4) is 0 Å². The standard InChI is InChI=1S/C13H27N3O/c1-12(11-16-8-3-4-9-16)10-15-7-5-6-13(17)14-2/h12,15H,3-11H2,1-2H3,(H,14,17). The number of carbonyl (C=O) groups is 1. The highest BCUT2D eigenvalue weighted by molar-refractivity contribution is 5.75. The molecule has 17 heavy (non-hydrogen) atoms. The van der Waals surface area contributed by atoms with E-state index in [2.05, 4.69) is 22.5 Å². The fraction of sp³-hybridized carbons (Fsp3) is 0.923. The molecular weight excluding hydrogens is 214 g/mol. The number of amides is 1. The maximum Gasteiger partial charge on any atom is 0.219 e. The highest BCUT2D eigenvalue weighted by Crippen LogP contribution is 2.09. The molecule has 0 aliphatic carbocycles. The highest BCUT2D eigenvalue weighted by Gasteiger charge is 2.14. The van der Waals surface area contributed by atoms with Crippen LogP contribution in [-0.4, -0.2) is 50.6 Å². The van der Waals surface area contributed by atoms with Gasteiger partial charge in [-0.15, -0.1) is 0 Å². The van der Waals surface area contributed by atoms with Gasteiger partial charge in [0.1, 0.15) is 0 Å². The van der Waals surface area contributed by atoms with Crippen molar-refractivity contribution in [1.29, 1.82) is 0 Å². The van der Waals surface area contributed by atoms with E-state index >= 15 is 0 Å². The first kappa shape index (κ1) is 14.5. The maximum absolute atomic E-state index is 11.0. The van der Waals surface area contributed by atoms with E-state index in [0.29, 0.717) is 12.3 Å². The third-order valence-corrected chi connectivity index (χ3v) is 3.30. The predicted molar refractivity (Wildman–Crippen MR) is 71.0 cm³/mol. The van der Waals surface area contributed by atoms with Crippen molar-refractivity contribution < 1.29 is 4.79 Å². The maximum atomic E-state index is 11.0. The summed E-state index contributed by atoms with van der Waals surface area (Å²) >= 11 is 0. The molecule has 0 aromatic carbocycles. The van der Waals surface area contributed by atoms with Gasteiger partial charge in [-0.3, -0.25) is 4.79 Å². The van der Waals surface area contributed by atoms with Gasteiger partial charge in [0, 0.05) is 20.0 Å². The summed E-state index contributed by atoms with van der Waals surface area (Å²) < 4.78 is 0. The number of likely N-dealkylation sites (tertiary alicyclic amines) is 1. The number of nitrogens with zero attached hydrogens (tertiary/aromatic N) is 1. The molecule has 1 heterocycles.